The van der Waals surface area contributed by atoms with Crippen LogP contribution >= 0.6 is 0 Å². The number of unbranched alkanes of at least 4 members (excludes halogenated alkanes) is 3. The van der Waals surface area contributed by atoms with Crippen LogP contribution in [0.15, 0.2) is 48.9 Å². The SMILES string of the molecule is CCc1cc(Nc2nccn3c(-c4ccc(OC)c(F)c4F)cnc23)ccc1C(=O)NCCCCCC(CCCCN)(CC(=O)O)C(=O)O. The van der Waals surface area contributed by atoms with E-state index in [-0.39, 0.29) is 30.1 Å². The zero-order chi connectivity index (χ0) is 35.6. The second-order valence-electron chi connectivity index (χ2n) is 11.9. The Morgan fingerprint density at radius 3 is 2.43 bits per heavy atom. The summed E-state index contributed by atoms with van der Waals surface area (Å²) >= 11 is 0. The van der Waals surface area contributed by atoms with E-state index >= 15 is 0 Å². The van der Waals surface area contributed by atoms with Crippen molar-refractivity contribution in [1.29, 1.82) is 0 Å². The maximum absolute atomic E-state index is 14.9. The highest BCUT2D eigenvalue weighted by Gasteiger charge is 2.39. The first-order chi connectivity index (χ1) is 23.5. The maximum atomic E-state index is 14.9. The highest BCUT2D eigenvalue weighted by Crippen LogP contribution is 2.36. The molecule has 262 valence electrons. The number of rotatable bonds is 19. The average molecular weight is 681 g/mol. The Balaban J connectivity index is 1.38. The summed E-state index contributed by atoms with van der Waals surface area (Å²) < 4.78 is 35.7. The number of nitrogens with two attached hydrogens (primary N) is 1. The van der Waals surface area contributed by atoms with Gasteiger partial charge in [0.1, 0.15) is 0 Å². The summed E-state index contributed by atoms with van der Waals surface area (Å²) in [7, 11) is 1.26. The molecular weight excluding hydrogens is 638 g/mol. The molecule has 4 rings (SSSR count). The number of carbonyl (C=O) groups is 3. The van der Waals surface area contributed by atoms with E-state index in [1.165, 1.54) is 31.6 Å². The third kappa shape index (κ3) is 8.68. The van der Waals surface area contributed by atoms with E-state index in [4.69, 9.17) is 10.5 Å². The minimum Gasteiger partial charge on any atom is -0.494 e. The number of methoxy groups -OCH3 is 1. The Morgan fingerprint density at radius 1 is 1.00 bits per heavy atom. The molecular formula is C35H42F2N6O6. The van der Waals surface area contributed by atoms with Crippen molar-refractivity contribution in [3.05, 3.63) is 71.7 Å². The zero-order valence-corrected chi connectivity index (χ0v) is 27.6. The normalized spacial score (nSPS) is 12.4. The first kappa shape index (κ1) is 36.7. The maximum Gasteiger partial charge on any atom is 0.310 e. The van der Waals surface area contributed by atoms with Gasteiger partial charge in [0, 0.05) is 35.8 Å². The molecule has 0 saturated carbocycles. The number of imidazole rings is 1. The lowest BCUT2D eigenvalue weighted by Gasteiger charge is -2.28. The molecule has 2 aromatic heterocycles. The highest BCUT2D eigenvalue weighted by atomic mass is 19.2. The molecule has 1 amide bonds. The largest absolute Gasteiger partial charge is 0.494 e. The van der Waals surface area contributed by atoms with Gasteiger partial charge >= 0.3 is 11.9 Å². The van der Waals surface area contributed by atoms with Gasteiger partial charge in [-0.1, -0.05) is 26.2 Å². The molecule has 14 heteroatoms. The van der Waals surface area contributed by atoms with Crippen LogP contribution in [0.3, 0.4) is 0 Å². The Hall–Kier alpha value is -5.11. The third-order valence-corrected chi connectivity index (χ3v) is 8.63. The van der Waals surface area contributed by atoms with Crippen molar-refractivity contribution in [2.75, 3.05) is 25.5 Å². The second kappa shape index (κ2) is 16.8. The van der Waals surface area contributed by atoms with Gasteiger partial charge < -0.3 is 31.3 Å². The molecule has 0 fully saturated rings. The molecule has 0 aliphatic heterocycles. The fraction of sp³-hybridized carbons (Fsp3) is 0.400. The van der Waals surface area contributed by atoms with Gasteiger partial charge in [-0.25, -0.2) is 14.4 Å². The predicted molar refractivity (Wildman–Crippen MR) is 180 cm³/mol. The number of amides is 1. The van der Waals surface area contributed by atoms with Crippen LogP contribution in [0.25, 0.3) is 16.9 Å². The lowest BCUT2D eigenvalue weighted by Crippen LogP contribution is -2.34. The summed E-state index contributed by atoms with van der Waals surface area (Å²) in [6.07, 6.45) is 8.09. The number of carboxylic acid groups (broad SMARTS) is 2. The number of nitrogens with zero attached hydrogens (tertiary/aromatic N) is 3. The Bertz CT molecular complexity index is 1800. The number of halogens is 2. The highest BCUT2D eigenvalue weighted by molar-refractivity contribution is 5.96. The zero-order valence-electron chi connectivity index (χ0n) is 27.6. The Kier molecular flexibility index (Phi) is 12.6. The number of anilines is 2. The standard InChI is InChI=1S/C35H42F2N6O6/c1-3-22-19-23(42-31-32-41-21-26(43(32)18-17-39-31)25-11-12-27(49-2)30(37)29(25)36)9-10-24(22)33(46)40-16-8-4-5-13-35(34(47)48,20-28(44)45)14-6-7-15-38/h9-12,17-19,21H,3-8,13-16,20,38H2,1-2H3,(H,39,42)(H,40,46)(H,44,45)(H,47,48). The van der Waals surface area contributed by atoms with Crippen molar-refractivity contribution in [2.45, 2.75) is 64.7 Å². The van der Waals surface area contributed by atoms with E-state index in [9.17, 15) is 33.4 Å². The van der Waals surface area contributed by atoms with Gasteiger partial charge in [-0.2, -0.15) is 4.39 Å². The minimum absolute atomic E-state index is 0.0106. The number of carbonyl (C=O) groups excluding carboxylic acids is 1. The van der Waals surface area contributed by atoms with E-state index in [0.29, 0.717) is 80.0 Å². The topological polar surface area (TPSA) is 181 Å². The molecule has 0 aliphatic rings. The van der Waals surface area contributed by atoms with E-state index in [2.05, 4.69) is 20.6 Å². The van der Waals surface area contributed by atoms with Gasteiger partial charge in [-0.15, -0.1) is 0 Å². The molecule has 0 aliphatic carbocycles. The molecule has 0 bridgehead atoms. The van der Waals surface area contributed by atoms with Gasteiger partial charge in [0.2, 0.25) is 5.82 Å². The van der Waals surface area contributed by atoms with Gasteiger partial charge in [-0.3, -0.25) is 18.8 Å². The number of aryl methyl sites for hydroxylation is 1. The number of aliphatic carboxylic acids is 2. The molecule has 2 heterocycles. The lowest BCUT2D eigenvalue weighted by atomic mass is 9.75. The van der Waals surface area contributed by atoms with Crippen LogP contribution in [-0.2, 0) is 16.0 Å². The molecule has 0 saturated heterocycles. The van der Waals surface area contributed by atoms with Crippen LogP contribution in [-0.4, -0.2) is 62.6 Å². The summed E-state index contributed by atoms with van der Waals surface area (Å²) in [5.74, 6) is -4.47. The molecule has 1 unspecified atom stereocenters. The van der Waals surface area contributed by atoms with Gasteiger partial charge in [-0.05, 0) is 74.5 Å². The second-order valence-corrected chi connectivity index (χ2v) is 11.9. The summed E-state index contributed by atoms with van der Waals surface area (Å²) in [6.45, 7) is 2.72. The van der Waals surface area contributed by atoms with Crippen LogP contribution in [0.4, 0.5) is 20.3 Å². The first-order valence-corrected chi connectivity index (χ1v) is 16.2. The molecule has 0 spiro atoms. The van der Waals surface area contributed by atoms with Crippen LogP contribution in [0, 0.1) is 17.0 Å². The molecule has 1 atom stereocenters. The number of nitrogens with one attached hydrogen (secondary N) is 2. The third-order valence-electron chi connectivity index (χ3n) is 8.63. The predicted octanol–water partition coefficient (Wildman–Crippen LogP) is 5.95. The van der Waals surface area contributed by atoms with Crippen molar-refractivity contribution >= 4 is 35.0 Å². The van der Waals surface area contributed by atoms with Crippen molar-refractivity contribution in [3.63, 3.8) is 0 Å². The van der Waals surface area contributed by atoms with E-state index in [0.717, 1.165) is 5.56 Å². The van der Waals surface area contributed by atoms with Crippen LogP contribution in [0.2, 0.25) is 0 Å². The first-order valence-electron chi connectivity index (χ1n) is 16.2. The summed E-state index contributed by atoms with van der Waals surface area (Å²) in [5.41, 5.74) is 6.86. The van der Waals surface area contributed by atoms with Gasteiger partial charge in [0.25, 0.3) is 5.91 Å². The summed E-state index contributed by atoms with van der Waals surface area (Å²) in [4.78, 5) is 45.3. The number of fused-ring (bicyclic) bond motifs is 1. The molecule has 12 nitrogen and oxygen atoms in total. The average Bonchev–Trinajstić information content (AvgIpc) is 3.51. The summed E-state index contributed by atoms with van der Waals surface area (Å²) in [6, 6.07) is 8.04. The van der Waals surface area contributed by atoms with Gasteiger partial charge in [0.15, 0.2) is 23.0 Å². The van der Waals surface area contributed by atoms with E-state index in [1.807, 2.05) is 13.0 Å². The monoisotopic (exact) mass is 680 g/mol. The van der Waals surface area contributed by atoms with E-state index in [1.54, 1.807) is 22.7 Å². The lowest BCUT2D eigenvalue weighted by molar-refractivity contribution is -0.157. The van der Waals surface area contributed by atoms with Crippen molar-refractivity contribution in [2.24, 2.45) is 11.1 Å². The molecule has 2 aromatic carbocycles. The fourth-order valence-corrected chi connectivity index (χ4v) is 5.97. The van der Waals surface area contributed by atoms with Crippen LogP contribution < -0.4 is 21.1 Å². The smallest absolute Gasteiger partial charge is 0.310 e. The number of ether oxygens (including phenoxy) is 1. The van der Waals surface area contributed by atoms with Crippen LogP contribution in [0.1, 0.15) is 74.2 Å². The van der Waals surface area contributed by atoms with Crippen molar-refractivity contribution in [3.8, 4) is 17.0 Å². The van der Waals surface area contributed by atoms with Crippen molar-refractivity contribution in [1.82, 2.24) is 19.7 Å². The van der Waals surface area contributed by atoms with Gasteiger partial charge in [0.05, 0.1) is 30.8 Å². The number of aromatic nitrogens is 3. The number of carboxylic acids is 2. The number of benzene rings is 2. The Labute approximate surface area is 282 Å². The quantitative estimate of drug-likeness (QED) is 0.0742. The fourth-order valence-electron chi connectivity index (χ4n) is 5.97. The number of hydrogen-bond acceptors (Lipinski definition) is 8. The minimum atomic E-state index is -1.33. The number of hydrogen-bond donors (Lipinski definition) is 5. The van der Waals surface area contributed by atoms with Crippen LogP contribution in [0.5, 0.6) is 5.75 Å². The molecule has 0 radical (unpaired) electrons. The molecule has 4 aromatic rings. The summed E-state index contributed by atoms with van der Waals surface area (Å²) in [5, 5.41) is 25.3. The molecule has 6 N–H and O–H groups in total. The molecule has 49 heavy (non-hydrogen) atoms. The van der Waals surface area contributed by atoms with Crippen molar-refractivity contribution < 1.29 is 38.1 Å². The Morgan fingerprint density at radius 2 is 1.76 bits per heavy atom. The van der Waals surface area contributed by atoms with E-state index < -0.39 is 35.4 Å².